The first kappa shape index (κ1) is 53.1. The second-order valence-corrected chi connectivity index (χ2v) is 17.7. The van der Waals surface area contributed by atoms with Gasteiger partial charge >= 0.3 is 5.97 Å². The van der Waals surface area contributed by atoms with Gasteiger partial charge in [-0.25, -0.2) is 4.79 Å². The van der Waals surface area contributed by atoms with Gasteiger partial charge in [-0.2, -0.15) is 0 Å². The number of hydrogen-bond donors (Lipinski definition) is 0. The number of non-ortho nitro benzene ring substituents is 2. The summed E-state index contributed by atoms with van der Waals surface area (Å²) in [5.41, 5.74) is -1.55. The molecule has 0 N–H and O–H groups in total. The van der Waals surface area contributed by atoms with Crippen molar-refractivity contribution in [3.63, 3.8) is 0 Å². The molecule has 5 rings (SSSR count). The van der Waals surface area contributed by atoms with Crippen molar-refractivity contribution in [2.75, 3.05) is 33.0 Å². The predicted molar refractivity (Wildman–Crippen MR) is 272 cm³/mol. The van der Waals surface area contributed by atoms with Crippen LogP contribution in [-0.2, 0) is 0 Å². The molecule has 0 aliphatic rings. The van der Waals surface area contributed by atoms with Gasteiger partial charge in [0.2, 0.25) is 0 Å². The lowest BCUT2D eigenvalue weighted by molar-refractivity contribution is -0.394. The zero-order valence-electron chi connectivity index (χ0n) is 41.3. The average Bonchev–Trinajstić information content (AvgIpc) is 3.33. The topological polar surface area (TPSA) is 159 Å². The van der Waals surface area contributed by atoms with Gasteiger partial charge in [-0.15, -0.1) is 0 Å². The summed E-state index contributed by atoms with van der Waals surface area (Å²) in [6.45, 7) is 13.3. The molecule has 0 aliphatic carbocycles. The fourth-order valence-electron chi connectivity index (χ4n) is 8.30. The zero-order chi connectivity index (χ0) is 48.7. The largest absolute Gasteiger partial charge is 0.490 e. The quantitative estimate of drug-likeness (QED) is 0.00965. The third kappa shape index (κ3) is 15.3. The van der Waals surface area contributed by atoms with Crippen molar-refractivity contribution in [2.45, 2.75) is 163 Å². The van der Waals surface area contributed by atoms with Crippen LogP contribution in [0.25, 0.3) is 32.3 Å². The molecule has 0 spiro atoms. The number of nitro groups is 2. The Morgan fingerprint density at radius 3 is 0.868 bits per heavy atom. The van der Waals surface area contributed by atoms with Gasteiger partial charge < -0.3 is 28.4 Å². The molecular formula is C55H74N2O11. The molecule has 0 saturated heterocycles. The number of ether oxygens (including phenoxy) is 6. The number of carbonyl (C=O) groups is 1. The number of esters is 1. The van der Waals surface area contributed by atoms with E-state index in [0.29, 0.717) is 61.4 Å². The summed E-state index contributed by atoms with van der Waals surface area (Å²) in [7, 11) is 0. The fraction of sp³-hybridized carbons (Fsp3) is 0.545. The Hall–Kier alpha value is -5.85. The normalized spacial score (nSPS) is 11.3. The maximum absolute atomic E-state index is 14.0. The van der Waals surface area contributed by atoms with Gasteiger partial charge in [0.15, 0.2) is 34.5 Å². The zero-order valence-corrected chi connectivity index (χ0v) is 41.3. The SMILES string of the molecule is CCCCCCOc1cc2c3cc(OCCCCCC)c(OCCCCCC)cc3c3cc(OC(=O)c4cc([N+](=O)[O-])cc([N+](=O)[O-])c4)c(OCCCCCC)cc3c2cc1OCCCCCC. The second kappa shape index (κ2) is 28.5. The van der Waals surface area contributed by atoms with Crippen LogP contribution in [0.4, 0.5) is 11.4 Å². The van der Waals surface area contributed by atoms with Crippen molar-refractivity contribution in [2.24, 2.45) is 0 Å². The molecule has 0 aliphatic heterocycles. The number of nitro benzene ring substituents is 2. The molecule has 68 heavy (non-hydrogen) atoms. The van der Waals surface area contributed by atoms with Crippen molar-refractivity contribution < 1.29 is 43.1 Å². The fourth-order valence-corrected chi connectivity index (χ4v) is 8.30. The third-order valence-electron chi connectivity index (χ3n) is 12.2. The van der Waals surface area contributed by atoms with Crippen LogP contribution in [0.3, 0.4) is 0 Å². The average molecular weight is 939 g/mol. The lowest BCUT2D eigenvalue weighted by Crippen LogP contribution is -2.11. The minimum Gasteiger partial charge on any atom is -0.490 e. The second-order valence-electron chi connectivity index (χ2n) is 17.7. The smallest absolute Gasteiger partial charge is 0.344 e. The van der Waals surface area contributed by atoms with Crippen molar-refractivity contribution in [3.05, 3.63) is 80.4 Å². The minimum atomic E-state index is -1.01. The molecule has 0 aromatic heterocycles. The number of unbranched alkanes of at least 4 members (excludes halogenated alkanes) is 15. The third-order valence-corrected chi connectivity index (χ3v) is 12.2. The van der Waals surface area contributed by atoms with Gasteiger partial charge in [0, 0.05) is 12.1 Å². The maximum atomic E-state index is 14.0. The molecule has 370 valence electrons. The minimum absolute atomic E-state index is 0.0607. The highest BCUT2D eigenvalue weighted by atomic mass is 16.6. The van der Waals surface area contributed by atoms with Crippen molar-refractivity contribution in [1.29, 1.82) is 0 Å². The van der Waals surface area contributed by atoms with Gasteiger partial charge in [-0.1, -0.05) is 131 Å². The maximum Gasteiger partial charge on any atom is 0.344 e. The van der Waals surface area contributed by atoms with Crippen LogP contribution >= 0.6 is 0 Å². The molecule has 0 atom stereocenters. The number of nitrogens with zero attached hydrogens (tertiary/aromatic N) is 2. The molecule has 13 nitrogen and oxygen atoms in total. The Morgan fingerprint density at radius 1 is 0.368 bits per heavy atom. The molecule has 0 heterocycles. The molecule has 13 heteroatoms. The van der Waals surface area contributed by atoms with Crippen LogP contribution in [0.1, 0.15) is 173 Å². The number of benzene rings is 5. The molecular weight excluding hydrogens is 865 g/mol. The molecule has 0 saturated carbocycles. The first-order chi connectivity index (χ1) is 33.1. The van der Waals surface area contributed by atoms with Crippen LogP contribution in [-0.4, -0.2) is 48.9 Å². The number of fused-ring (bicyclic) bond motifs is 6. The van der Waals surface area contributed by atoms with Gasteiger partial charge in [0.25, 0.3) is 11.4 Å². The monoisotopic (exact) mass is 939 g/mol. The van der Waals surface area contributed by atoms with Crippen LogP contribution in [0.15, 0.2) is 54.6 Å². The van der Waals surface area contributed by atoms with E-state index in [1.807, 2.05) is 24.3 Å². The Kier molecular flexibility index (Phi) is 22.2. The van der Waals surface area contributed by atoms with E-state index in [0.717, 1.165) is 174 Å². The van der Waals surface area contributed by atoms with Gasteiger partial charge in [-0.3, -0.25) is 20.2 Å². The Balaban J connectivity index is 1.78. The molecule has 0 unspecified atom stereocenters. The van der Waals surface area contributed by atoms with E-state index >= 15 is 0 Å². The predicted octanol–water partition coefficient (Wildman–Crippen LogP) is 16.0. The first-order valence-electron chi connectivity index (χ1n) is 25.5. The molecule has 0 bridgehead atoms. The summed E-state index contributed by atoms with van der Waals surface area (Å²) in [5.74, 6) is 1.86. The lowest BCUT2D eigenvalue weighted by atomic mass is 9.93. The van der Waals surface area contributed by atoms with Crippen molar-refractivity contribution in [3.8, 4) is 34.5 Å². The number of carbonyl (C=O) groups excluding carboxylic acids is 1. The highest BCUT2D eigenvalue weighted by Crippen LogP contribution is 2.47. The van der Waals surface area contributed by atoms with Crippen molar-refractivity contribution >= 4 is 49.7 Å². The lowest BCUT2D eigenvalue weighted by Gasteiger charge is -2.20. The van der Waals surface area contributed by atoms with Gasteiger partial charge in [0.1, 0.15) is 0 Å². The van der Waals surface area contributed by atoms with Crippen LogP contribution in [0.5, 0.6) is 34.5 Å². The molecule has 0 fully saturated rings. The van der Waals surface area contributed by atoms with Crippen molar-refractivity contribution in [1.82, 2.24) is 0 Å². The van der Waals surface area contributed by atoms with Crippen LogP contribution < -0.4 is 28.4 Å². The summed E-state index contributed by atoms with van der Waals surface area (Å²) < 4.78 is 38.8. The Morgan fingerprint density at radius 2 is 0.618 bits per heavy atom. The van der Waals surface area contributed by atoms with E-state index in [1.54, 1.807) is 6.07 Å². The Labute approximate surface area is 402 Å². The van der Waals surface area contributed by atoms with E-state index in [2.05, 4.69) is 40.7 Å². The summed E-state index contributed by atoms with van der Waals surface area (Å²) in [4.78, 5) is 36.1. The van der Waals surface area contributed by atoms with E-state index in [9.17, 15) is 25.0 Å². The summed E-state index contributed by atoms with van der Waals surface area (Å²) in [6.07, 6.45) is 20.5. The van der Waals surface area contributed by atoms with Crippen LogP contribution in [0.2, 0.25) is 0 Å². The Bertz CT molecular complexity index is 2330. The number of hydrogen-bond acceptors (Lipinski definition) is 11. The van der Waals surface area contributed by atoms with E-state index in [1.165, 1.54) is 0 Å². The summed E-state index contributed by atoms with van der Waals surface area (Å²) in [6, 6.07) is 14.6. The highest BCUT2D eigenvalue weighted by molar-refractivity contribution is 6.27. The number of rotatable bonds is 34. The first-order valence-corrected chi connectivity index (χ1v) is 25.5. The van der Waals surface area contributed by atoms with Gasteiger partial charge in [-0.05, 0) is 101 Å². The van der Waals surface area contributed by atoms with Crippen LogP contribution in [0, 0.1) is 20.2 Å². The summed E-state index contributed by atoms with van der Waals surface area (Å²) in [5, 5.41) is 28.6. The molecule has 0 radical (unpaired) electrons. The highest BCUT2D eigenvalue weighted by Gasteiger charge is 2.25. The van der Waals surface area contributed by atoms with E-state index < -0.39 is 27.2 Å². The molecule has 0 amide bonds. The van der Waals surface area contributed by atoms with E-state index in [-0.39, 0.29) is 17.1 Å². The standard InChI is InChI=1S/C55H74N2O11/c1-6-11-16-21-26-63-49-34-43-44-35-50(64-27-22-17-12-7-2)52(66-29-24-19-14-9-4)37-46(44)48-39-54(68-55(58)40-31-41(56(59)60)33-42(32-40)57(61)62)53(67-30-25-20-15-10-5)38-47(48)45(43)36-51(49)65-28-23-18-13-8-3/h31-39H,6-30H2,1-5H3. The van der Waals surface area contributed by atoms with E-state index in [4.69, 9.17) is 28.4 Å². The molecule has 5 aromatic rings. The van der Waals surface area contributed by atoms with Gasteiger partial charge in [0.05, 0.1) is 54.5 Å². The summed E-state index contributed by atoms with van der Waals surface area (Å²) >= 11 is 0. The molecule has 5 aromatic carbocycles.